The van der Waals surface area contributed by atoms with Crippen LogP contribution in [0.1, 0.15) is 22.3 Å². The van der Waals surface area contributed by atoms with Crippen LogP contribution in [-0.2, 0) is 6.54 Å². The van der Waals surface area contributed by atoms with E-state index in [2.05, 4.69) is 50.9 Å². The molecule has 0 saturated heterocycles. The number of rotatable bonds is 6. The lowest BCUT2D eigenvalue weighted by Crippen LogP contribution is -2.05. The first-order valence-electron chi connectivity index (χ1n) is 7.25. The fourth-order valence-electron chi connectivity index (χ4n) is 2.58. The molecule has 2 nitrogen and oxygen atoms in total. The van der Waals surface area contributed by atoms with Crippen LogP contribution in [0.5, 0.6) is 5.75 Å². The molecule has 2 heteroatoms. The fourth-order valence-corrected chi connectivity index (χ4v) is 2.58. The van der Waals surface area contributed by atoms with Crippen LogP contribution in [0, 0.1) is 20.8 Å². The van der Waals surface area contributed by atoms with Crippen molar-refractivity contribution in [3.05, 3.63) is 71.3 Å². The Balaban J connectivity index is 2.15. The molecular formula is C19H23NO. The summed E-state index contributed by atoms with van der Waals surface area (Å²) in [4.78, 5) is 0. The second kappa shape index (κ2) is 6.98. The van der Waals surface area contributed by atoms with Gasteiger partial charge in [-0.3, -0.25) is 0 Å². The molecule has 21 heavy (non-hydrogen) atoms. The Bertz CT molecular complexity index is 608. The van der Waals surface area contributed by atoms with Gasteiger partial charge in [-0.1, -0.05) is 48.6 Å². The van der Waals surface area contributed by atoms with Crippen molar-refractivity contribution in [2.45, 2.75) is 27.3 Å². The summed E-state index contributed by atoms with van der Waals surface area (Å²) in [5.41, 5.74) is 6.21. The van der Waals surface area contributed by atoms with Crippen molar-refractivity contribution in [3.8, 4) is 5.75 Å². The molecule has 110 valence electrons. The van der Waals surface area contributed by atoms with Crippen LogP contribution >= 0.6 is 0 Å². The minimum Gasteiger partial charge on any atom is -0.489 e. The van der Waals surface area contributed by atoms with Gasteiger partial charge < -0.3 is 10.1 Å². The highest BCUT2D eigenvalue weighted by Crippen LogP contribution is 2.24. The Morgan fingerprint density at radius 3 is 2.43 bits per heavy atom. The molecule has 0 spiro atoms. The summed E-state index contributed by atoms with van der Waals surface area (Å²) in [7, 11) is 0. The van der Waals surface area contributed by atoms with Crippen LogP contribution in [0.25, 0.3) is 0 Å². The second-order valence-electron chi connectivity index (χ2n) is 5.33. The van der Waals surface area contributed by atoms with Crippen molar-refractivity contribution in [3.63, 3.8) is 0 Å². The number of para-hydroxylation sites is 1. The molecule has 0 aliphatic carbocycles. The summed E-state index contributed by atoms with van der Waals surface area (Å²) >= 11 is 0. The molecule has 0 heterocycles. The Morgan fingerprint density at radius 2 is 1.76 bits per heavy atom. The summed E-state index contributed by atoms with van der Waals surface area (Å²) in [6, 6.07) is 12.5. The van der Waals surface area contributed by atoms with Crippen LogP contribution in [0.3, 0.4) is 0 Å². The van der Waals surface area contributed by atoms with Gasteiger partial charge in [0.15, 0.2) is 0 Å². The van der Waals surface area contributed by atoms with Crippen LogP contribution in [-0.4, -0.2) is 6.61 Å². The third-order valence-corrected chi connectivity index (χ3v) is 3.46. The van der Waals surface area contributed by atoms with Gasteiger partial charge in [0.2, 0.25) is 0 Å². The SMILES string of the molecule is C=CCOc1ccccc1CNc1c(C)cc(C)cc1C. The molecule has 0 atom stereocenters. The van der Waals surface area contributed by atoms with E-state index in [0.29, 0.717) is 6.61 Å². The first kappa shape index (κ1) is 15.2. The number of hydrogen-bond donors (Lipinski definition) is 1. The quantitative estimate of drug-likeness (QED) is 0.769. The third-order valence-electron chi connectivity index (χ3n) is 3.46. The van der Waals surface area contributed by atoms with Crippen molar-refractivity contribution in [1.82, 2.24) is 0 Å². The zero-order valence-corrected chi connectivity index (χ0v) is 13.1. The molecule has 1 N–H and O–H groups in total. The lowest BCUT2D eigenvalue weighted by atomic mass is 10.0. The van der Waals surface area contributed by atoms with Gasteiger partial charge in [-0.05, 0) is 38.0 Å². The number of nitrogens with one attached hydrogen (secondary N) is 1. The largest absolute Gasteiger partial charge is 0.489 e. The van der Waals surface area contributed by atoms with E-state index in [-0.39, 0.29) is 0 Å². The zero-order chi connectivity index (χ0) is 15.2. The van der Waals surface area contributed by atoms with Gasteiger partial charge in [-0.25, -0.2) is 0 Å². The van der Waals surface area contributed by atoms with Gasteiger partial charge in [-0.15, -0.1) is 0 Å². The molecular weight excluding hydrogens is 258 g/mol. The van der Waals surface area contributed by atoms with Gasteiger partial charge in [0.25, 0.3) is 0 Å². The molecule has 0 saturated carbocycles. The van der Waals surface area contributed by atoms with Crippen LogP contribution in [0.15, 0.2) is 49.1 Å². The lowest BCUT2D eigenvalue weighted by molar-refractivity contribution is 0.359. The van der Waals surface area contributed by atoms with E-state index in [0.717, 1.165) is 17.9 Å². The van der Waals surface area contributed by atoms with E-state index >= 15 is 0 Å². The molecule has 2 aromatic rings. The highest BCUT2D eigenvalue weighted by molar-refractivity contribution is 5.58. The Hall–Kier alpha value is -2.22. The topological polar surface area (TPSA) is 21.3 Å². The third kappa shape index (κ3) is 3.88. The molecule has 0 radical (unpaired) electrons. The molecule has 0 unspecified atom stereocenters. The number of aryl methyl sites for hydroxylation is 3. The lowest BCUT2D eigenvalue weighted by Gasteiger charge is -2.16. The molecule has 0 fully saturated rings. The molecule has 0 aliphatic heterocycles. The minimum absolute atomic E-state index is 0.527. The van der Waals surface area contributed by atoms with E-state index in [9.17, 15) is 0 Å². The highest BCUT2D eigenvalue weighted by Gasteiger charge is 2.06. The fraction of sp³-hybridized carbons (Fsp3) is 0.263. The molecule has 0 aromatic heterocycles. The normalized spacial score (nSPS) is 10.2. The maximum absolute atomic E-state index is 5.70. The van der Waals surface area contributed by atoms with E-state index < -0.39 is 0 Å². The standard InChI is InChI=1S/C19H23NO/c1-5-10-21-18-9-7-6-8-17(18)13-20-19-15(3)11-14(2)12-16(19)4/h5-9,11-12,20H,1,10,13H2,2-4H3. The first-order chi connectivity index (χ1) is 10.1. The summed E-state index contributed by atoms with van der Waals surface area (Å²) in [6.07, 6.45) is 1.76. The van der Waals surface area contributed by atoms with Gasteiger partial charge >= 0.3 is 0 Å². The molecule has 0 amide bonds. The maximum atomic E-state index is 5.70. The van der Waals surface area contributed by atoms with Crippen LogP contribution in [0.4, 0.5) is 5.69 Å². The predicted molar refractivity (Wildman–Crippen MR) is 90.1 cm³/mol. The van der Waals surface area contributed by atoms with E-state index in [1.54, 1.807) is 6.08 Å². The van der Waals surface area contributed by atoms with E-state index in [4.69, 9.17) is 4.74 Å². The number of ether oxygens (including phenoxy) is 1. The summed E-state index contributed by atoms with van der Waals surface area (Å²) in [5.74, 6) is 0.910. The maximum Gasteiger partial charge on any atom is 0.124 e. The molecule has 0 bridgehead atoms. The van der Waals surface area contributed by atoms with E-state index in [1.165, 1.54) is 22.4 Å². The first-order valence-corrected chi connectivity index (χ1v) is 7.25. The predicted octanol–water partition coefficient (Wildman–Crippen LogP) is 4.79. The monoisotopic (exact) mass is 281 g/mol. The van der Waals surface area contributed by atoms with Gasteiger partial charge in [0.05, 0.1) is 0 Å². The van der Waals surface area contributed by atoms with Crippen LogP contribution in [0.2, 0.25) is 0 Å². The highest BCUT2D eigenvalue weighted by atomic mass is 16.5. The van der Waals surface area contributed by atoms with Crippen molar-refractivity contribution >= 4 is 5.69 Å². The Labute approximate surface area is 127 Å². The zero-order valence-electron chi connectivity index (χ0n) is 13.1. The minimum atomic E-state index is 0.527. The van der Waals surface area contributed by atoms with Crippen molar-refractivity contribution in [2.24, 2.45) is 0 Å². The number of hydrogen-bond acceptors (Lipinski definition) is 2. The Morgan fingerprint density at radius 1 is 1.10 bits per heavy atom. The van der Waals surface area contributed by atoms with Crippen molar-refractivity contribution < 1.29 is 4.74 Å². The summed E-state index contributed by atoms with van der Waals surface area (Å²) in [6.45, 7) is 11.4. The average Bonchev–Trinajstić information content (AvgIpc) is 2.45. The average molecular weight is 281 g/mol. The number of benzene rings is 2. The van der Waals surface area contributed by atoms with E-state index in [1.807, 2.05) is 18.2 Å². The molecule has 2 aromatic carbocycles. The van der Waals surface area contributed by atoms with Crippen molar-refractivity contribution in [1.29, 1.82) is 0 Å². The van der Waals surface area contributed by atoms with Gasteiger partial charge in [-0.2, -0.15) is 0 Å². The Kier molecular flexibility index (Phi) is 5.04. The van der Waals surface area contributed by atoms with Gasteiger partial charge in [0.1, 0.15) is 12.4 Å². The summed E-state index contributed by atoms with van der Waals surface area (Å²) in [5, 5.41) is 3.54. The molecule has 2 rings (SSSR count). The van der Waals surface area contributed by atoms with Crippen LogP contribution < -0.4 is 10.1 Å². The molecule has 0 aliphatic rings. The number of anilines is 1. The second-order valence-corrected chi connectivity index (χ2v) is 5.33. The smallest absolute Gasteiger partial charge is 0.124 e. The van der Waals surface area contributed by atoms with Crippen molar-refractivity contribution in [2.75, 3.05) is 11.9 Å². The van der Waals surface area contributed by atoms with Gasteiger partial charge in [0, 0.05) is 17.8 Å². The summed E-state index contributed by atoms with van der Waals surface area (Å²) < 4.78 is 5.70.